The predicted molar refractivity (Wildman–Crippen MR) is 97.9 cm³/mol. The summed E-state index contributed by atoms with van der Waals surface area (Å²) in [5, 5.41) is 2.78. The summed E-state index contributed by atoms with van der Waals surface area (Å²) in [5.41, 5.74) is 1.39. The Hall–Kier alpha value is -2.57. The van der Waals surface area contributed by atoms with Crippen LogP contribution in [-0.2, 0) is 14.3 Å². The second kappa shape index (κ2) is 9.39. The van der Waals surface area contributed by atoms with E-state index in [0.29, 0.717) is 25.9 Å². The number of carbonyl (C=O) groups excluding carboxylic acids is 3. The Labute approximate surface area is 158 Å². The minimum absolute atomic E-state index is 0.199. The molecule has 1 saturated heterocycles. The fourth-order valence-electron chi connectivity index (χ4n) is 3.57. The van der Waals surface area contributed by atoms with Gasteiger partial charge in [0.1, 0.15) is 6.04 Å². The number of esters is 1. The maximum atomic E-state index is 12.4. The summed E-state index contributed by atoms with van der Waals surface area (Å²) in [7, 11) is 0. The van der Waals surface area contributed by atoms with E-state index >= 15 is 0 Å². The van der Waals surface area contributed by atoms with E-state index in [0.717, 1.165) is 19.3 Å². The summed E-state index contributed by atoms with van der Waals surface area (Å²) >= 11 is 0. The Bertz CT molecular complexity index is 695. The first-order valence-corrected chi connectivity index (χ1v) is 9.61. The van der Waals surface area contributed by atoms with Crippen LogP contribution in [0.5, 0.6) is 0 Å². The lowest BCUT2D eigenvalue weighted by atomic mass is 9.97. The molecule has 1 aliphatic carbocycles. The first-order chi connectivity index (χ1) is 13.1. The number of nitrogens with zero attached hydrogens (tertiary/aromatic N) is 1. The summed E-state index contributed by atoms with van der Waals surface area (Å²) < 4.78 is 10.3. The highest BCUT2D eigenvalue weighted by Crippen LogP contribution is 2.22. The highest BCUT2D eigenvalue weighted by atomic mass is 16.5. The molecule has 1 atom stereocenters. The van der Waals surface area contributed by atoms with Gasteiger partial charge in [-0.15, -0.1) is 0 Å². The molecule has 0 radical (unpaired) electrons. The summed E-state index contributed by atoms with van der Waals surface area (Å²) in [4.78, 5) is 38.1. The maximum absolute atomic E-state index is 12.4. The topological polar surface area (TPSA) is 88.9 Å². The van der Waals surface area contributed by atoms with E-state index in [-0.39, 0.29) is 24.2 Å². The van der Waals surface area contributed by atoms with E-state index in [1.807, 2.05) is 0 Å². The molecule has 0 unspecified atom stereocenters. The fourth-order valence-corrected chi connectivity index (χ4v) is 3.57. The van der Waals surface area contributed by atoms with Crippen LogP contribution in [0, 0.1) is 0 Å². The lowest BCUT2D eigenvalue weighted by molar-refractivity contribution is -0.152. The molecule has 0 spiro atoms. The number of hydrogen-bond donors (Lipinski definition) is 1. The number of furan rings is 1. The van der Waals surface area contributed by atoms with Crippen LogP contribution in [0.3, 0.4) is 0 Å². The first kappa shape index (κ1) is 19.2. The van der Waals surface area contributed by atoms with Crippen molar-refractivity contribution in [2.45, 2.75) is 51.0 Å². The Morgan fingerprint density at radius 3 is 2.89 bits per heavy atom. The van der Waals surface area contributed by atoms with Crippen LogP contribution in [0.4, 0.5) is 0 Å². The van der Waals surface area contributed by atoms with Crippen LogP contribution in [0.1, 0.15) is 55.5 Å². The van der Waals surface area contributed by atoms with E-state index in [1.54, 1.807) is 12.1 Å². The van der Waals surface area contributed by atoms with E-state index in [4.69, 9.17) is 9.15 Å². The average Bonchev–Trinajstić information content (AvgIpc) is 3.38. The van der Waals surface area contributed by atoms with Crippen molar-refractivity contribution in [2.24, 2.45) is 0 Å². The molecule has 0 bridgehead atoms. The Morgan fingerprint density at radius 1 is 1.26 bits per heavy atom. The molecular formula is C20H26N2O5. The van der Waals surface area contributed by atoms with E-state index in [9.17, 15) is 14.4 Å². The average molecular weight is 374 g/mol. The van der Waals surface area contributed by atoms with Gasteiger partial charge in [0.05, 0.1) is 6.26 Å². The molecule has 1 aromatic rings. The smallest absolute Gasteiger partial charge is 0.329 e. The Kier molecular flexibility index (Phi) is 6.68. The number of nitrogens with one attached hydrogen (secondary N) is 1. The molecule has 1 aliphatic heterocycles. The second-order valence-electron chi connectivity index (χ2n) is 6.95. The van der Waals surface area contributed by atoms with Crippen molar-refractivity contribution < 1.29 is 23.5 Å². The Balaban J connectivity index is 1.40. The number of rotatable bonds is 7. The third kappa shape index (κ3) is 5.21. The van der Waals surface area contributed by atoms with E-state index in [2.05, 4.69) is 11.4 Å². The number of hydrogen-bond acceptors (Lipinski definition) is 5. The van der Waals surface area contributed by atoms with Crippen molar-refractivity contribution in [3.63, 3.8) is 0 Å². The van der Waals surface area contributed by atoms with Gasteiger partial charge < -0.3 is 19.4 Å². The quantitative estimate of drug-likeness (QED) is 0.585. The zero-order valence-electron chi connectivity index (χ0n) is 15.4. The molecule has 1 N–H and O–H groups in total. The van der Waals surface area contributed by atoms with E-state index in [1.165, 1.54) is 29.6 Å². The molecule has 1 aromatic heterocycles. The van der Waals surface area contributed by atoms with Crippen LogP contribution in [0.15, 0.2) is 34.5 Å². The van der Waals surface area contributed by atoms with Crippen LogP contribution < -0.4 is 5.32 Å². The molecule has 2 amide bonds. The van der Waals surface area contributed by atoms with Gasteiger partial charge in [-0.2, -0.15) is 0 Å². The molecule has 2 heterocycles. The zero-order chi connectivity index (χ0) is 19.1. The first-order valence-electron chi connectivity index (χ1n) is 9.61. The van der Waals surface area contributed by atoms with Crippen molar-refractivity contribution in [3.05, 3.63) is 35.8 Å². The van der Waals surface area contributed by atoms with Crippen molar-refractivity contribution >= 4 is 17.8 Å². The van der Waals surface area contributed by atoms with Gasteiger partial charge in [0.2, 0.25) is 0 Å². The molecule has 146 valence electrons. The predicted octanol–water partition coefficient (Wildman–Crippen LogP) is 2.43. The molecule has 27 heavy (non-hydrogen) atoms. The number of amides is 2. The summed E-state index contributed by atoms with van der Waals surface area (Å²) in [6, 6.07) is 2.53. The van der Waals surface area contributed by atoms with Crippen molar-refractivity contribution in [2.75, 3.05) is 19.7 Å². The fraction of sp³-hybridized carbons (Fsp3) is 0.550. The van der Waals surface area contributed by atoms with Gasteiger partial charge in [0, 0.05) is 13.1 Å². The van der Waals surface area contributed by atoms with Crippen LogP contribution in [0.2, 0.25) is 0 Å². The van der Waals surface area contributed by atoms with Crippen LogP contribution in [0.25, 0.3) is 0 Å². The van der Waals surface area contributed by atoms with E-state index < -0.39 is 12.0 Å². The van der Waals surface area contributed by atoms with Gasteiger partial charge in [-0.05, 0) is 57.1 Å². The van der Waals surface area contributed by atoms with Crippen molar-refractivity contribution in [1.29, 1.82) is 0 Å². The summed E-state index contributed by atoms with van der Waals surface area (Å²) in [6.07, 6.45) is 10.4. The molecule has 2 aliphatic rings. The number of likely N-dealkylation sites (tertiary alicyclic amines) is 1. The van der Waals surface area contributed by atoms with Crippen molar-refractivity contribution in [1.82, 2.24) is 10.2 Å². The SMILES string of the molecule is O=C(COC(=O)[C@@H]1CCCN1C(=O)c1ccco1)NCCC1=CCCCC1. The minimum Gasteiger partial charge on any atom is -0.459 e. The third-order valence-corrected chi connectivity index (χ3v) is 5.02. The highest BCUT2D eigenvalue weighted by Gasteiger charge is 2.36. The number of carbonyl (C=O) groups is 3. The number of ether oxygens (including phenoxy) is 1. The maximum Gasteiger partial charge on any atom is 0.329 e. The van der Waals surface area contributed by atoms with Gasteiger partial charge in [-0.25, -0.2) is 4.79 Å². The van der Waals surface area contributed by atoms with Gasteiger partial charge >= 0.3 is 5.97 Å². The molecule has 7 nitrogen and oxygen atoms in total. The Morgan fingerprint density at radius 2 is 2.15 bits per heavy atom. The number of allylic oxidation sites excluding steroid dienone is 1. The van der Waals surface area contributed by atoms with Gasteiger partial charge in [-0.1, -0.05) is 11.6 Å². The molecule has 3 rings (SSSR count). The normalized spacial score (nSPS) is 19.5. The minimum atomic E-state index is -0.664. The third-order valence-electron chi connectivity index (χ3n) is 5.02. The zero-order valence-corrected chi connectivity index (χ0v) is 15.4. The molecule has 7 heteroatoms. The summed E-state index contributed by atoms with van der Waals surface area (Å²) in [6.45, 7) is 0.701. The lowest BCUT2D eigenvalue weighted by Gasteiger charge is -2.22. The highest BCUT2D eigenvalue weighted by molar-refractivity contribution is 5.95. The van der Waals surface area contributed by atoms with Crippen LogP contribution >= 0.6 is 0 Å². The van der Waals surface area contributed by atoms with Gasteiger partial charge in [0.15, 0.2) is 12.4 Å². The van der Waals surface area contributed by atoms with Crippen LogP contribution in [-0.4, -0.2) is 48.4 Å². The molecule has 0 saturated carbocycles. The van der Waals surface area contributed by atoms with Gasteiger partial charge in [0.25, 0.3) is 11.8 Å². The molecular weight excluding hydrogens is 348 g/mol. The molecule has 1 fully saturated rings. The largest absolute Gasteiger partial charge is 0.459 e. The monoisotopic (exact) mass is 374 g/mol. The standard InChI is InChI=1S/C20H26N2O5/c23-18(21-11-10-15-6-2-1-3-7-15)14-27-20(25)16-8-4-12-22(16)19(24)17-9-5-13-26-17/h5-6,9,13,16H,1-4,7-8,10-12,14H2,(H,21,23)/t16-/m0/s1. The second-order valence-corrected chi connectivity index (χ2v) is 6.95. The van der Waals surface area contributed by atoms with Crippen molar-refractivity contribution in [3.8, 4) is 0 Å². The summed E-state index contributed by atoms with van der Waals surface area (Å²) in [5.74, 6) is -0.992. The molecule has 0 aromatic carbocycles. The lowest BCUT2D eigenvalue weighted by Crippen LogP contribution is -2.42. The van der Waals surface area contributed by atoms with Gasteiger partial charge in [-0.3, -0.25) is 9.59 Å².